The number of rotatable bonds is 4. The van der Waals surface area contributed by atoms with Crippen LogP contribution in [-0.4, -0.2) is 26.3 Å². The van der Waals surface area contributed by atoms with Crippen LogP contribution in [0.15, 0.2) is 18.2 Å². The van der Waals surface area contributed by atoms with Gasteiger partial charge < -0.3 is 14.8 Å². The first-order chi connectivity index (χ1) is 10.3. The second-order valence-corrected chi connectivity index (χ2v) is 5.55. The molecular formula is C17H22N2O2. The molecule has 1 aliphatic carbocycles. The van der Waals surface area contributed by atoms with Gasteiger partial charge in [-0.15, -0.1) is 0 Å². The van der Waals surface area contributed by atoms with Gasteiger partial charge in [0.2, 0.25) is 0 Å². The molecule has 1 heterocycles. The highest BCUT2D eigenvalue weighted by Gasteiger charge is 2.20. The smallest absolute Gasteiger partial charge is 0.162 e. The second kappa shape index (κ2) is 5.80. The fourth-order valence-electron chi connectivity index (χ4n) is 3.21. The molecule has 1 aliphatic rings. The number of nitrogens with one attached hydrogen (secondary N) is 1. The number of ether oxygens (including phenoxy) is 2. The lowest BCUT2D eigenvalue weighted by atomic mass is 10.0. The lowest BCUT2D eigenvalue weighted by molar-refractivity contribution is 0.356. The quantitative estimate of drug-likeness (QED) is 0.924. The molecular weight excluding hydrogens is 264 g/mol. The van der Waals surface area contributed by atoms with Crippen LogP contribution in [0.3, 0.4) is 0 Å². The van der Waals surface area contributed by atoms with Crippen LogP contribution in [0.4, 0.5) is 5.69 Å². The predicted octanol–water partition coefficient (Wildman–Crippen LogP) is 3.95. The van der Waals surface area contributed by atoms with E-state index in [0.717, 1.165) is 28.1 Å². The van der Waals surface area contributed by atoms with Gasteiger partial charge in [-0.05, 0) is 25.0 Å². The number of benzene rings is 1. The molecule has 1 aromatic heterocycles. The molecule has 1 saturated carbocycles. The second-order valence-electron chi connectivity index (χ2n) is 5.55. The minimum atomic E-state index is 0.592. The Balaban J connectivity index is 2.17. The molecule has 0 saturated heterocycles. The van der Waals surface area contributed by atoms with Crippen molar-refractivity contribution in [3.63, 3.8) is 0 Å². The van der Waals surface area contributed by atoms with Crippen molar-refractivity contribution in [1.82, 2.24) is 4.98 Å². The van der Waals surface area contributed by atoms with Gasteiger partial charge in [-0.25, -0.2) is 0 Å². The third kappa shape index (κ3) is 2.50. The largest absolute Gasteiger partial charge is 0.493 e. The van der Waals surface area contributed by atoms with E-state index < -0.39 is 0 Å². The van der Waals surface area contributed by atoms with Crippen LogP contribution in [0.1, 0.15) is 37.3 Å². The Morgan fingerprint density at radius 2 is 1.71 bits per heavy atom. The maximum atomic E-state index is 5.40. The summed E-state index contributed by atoms with van der Waals surface area (Å²) >= 11 is 0. The molecule has 0 spiro atoms. The average molecular weight is 286 g/mol. The summed E-state index contributed by atoms with van der Waals surface area (Å²) in [6, 6.07) is 6.14. The van der Waals surface area contributed by atoms with Crippen LogP contribution in [0.2, 0.25) is 0 Å². The summed E-state index contributed by atoms with van der Waals surface area (Å²) in [6.45, 7) is 0. The van der Waals surface area contributed by atoms with E-state index in [1.807, 2.05) is 19.2 Å². The highest BCUT2D eigenvalue weighted by molar-refractivity contribution is 5.94. The molecule has 0 atom stereocenters. The molecule has 0 unspecified atom stereocenters. The van der Waals surface area contributed by atoms with Crippen molar-refractivity contribution in [2.75, 3.05) is 26.6 Å². The number of fused-ring (bicyclic) bond motifs is 1. The molecule has 4 heteroatoms. The Bertz CT molecular complexity index is 649. The highest BCUT2D eigenvalue weighted by Crippen LogP contribution is 2.39. The number of hydrogen-bond acceptors (Lipinski definition) is 4. The molecule has 112 valence electrons. The van der Waals surface area contributed by atoms with E-state index in [4.69, 9.17) is 14.5 Å². The molecule has 0 radical (unpaired) electrons. The van der Waals surface area contributed by atoms with Gasteiger partial charge in [-0.2, -0.15) is 0 Å². The Hall–Kier alpha value is -1.97. The van der Waals surface area contributed by atoms with Crippen LogP contribution in [0.5, 0.6) is 11.5 Å². The number of methoxy groups -OCH3 is 2. The van der Waals surface area contributed by atoms with E-state index in [0.29, 0.717) is 5.92 Å². The number of aromatic nitrogens is 1. The summed E-state index contributed by atoms with van der Waals surface area (Å²) in [5.74, 6) is 2.05. The van der Waals surface area contributed by atoms with Gasteiger partial charge in [-0.1, -0.05) is 12.8 Å². The van der Waals surface area contributed by atoms with Gasteiger partial charge in [-0.3, -0.25) is 4.98 Å². The van der Waals surface area contributed by atoms with Crippen molar-refractivity contribution in [2.24, 2.45) is 0 Å². The molecule has 1 fully saturated rings. The lowest BCUT2D eigenvalue weighted by Gasteiger charge is -2.15. The van der Waals surface area contributed by atoms with E-state index in [1.54, 1.807) is 14.2 Å². The molecule has 0 bridgehead atoms. The summed E-state index contributed by atoms with van der Waals surface area (Å²) in [7, 11) is 5.26. The van der Waals surface area contributed by atoms with E-state index >= 15 is 0 Å². The molecule has 3 rings (SSSR count). The monoisotopic (exact) mass is 286 g/mol. The molecule has 4 nitrogen and oxygen atoms in total. The van der Waals surface area contributed by atoms with E-state index in [9.17, 15) is 0 Å². The standard InChI is InChI=1S/C17H22N2O2/c1-18-14-9-13(11-6-4-5-7-11)19-15-10-17(21-3)16(20-2)8-12(14)15/h8-11H,4-7H2,1-3H3,(H,18,19). The van der Waals surface area contributed by atoms with Gasteiger partial charge in [0, 0.05) is 35.8 Å². The number of nitrogens with zero attached hydrogens (tertiary/aromatic N) is 1. The van der Waals surface area contributed by atoms with Crippen LogP contribution in [-0.2, 0) is 0 Å². The third-order valence-corrected chi connectivity index (χ3v) is 4.38. The van der Waals surface area contributed by atoms with Crippen LogP contribution < -0.4 is 14.8 Å². The van der Waals surface area contributed by atoms with Crippen molar-refractivity contribution in [2.45, 2.75) is 31.6 Å². The van der Waals surface area contributed by atoms with Crippen LogP contribution >= 0.6 is 0 Å². The third-order valence-electron chi connectivity index (χ3n) is 4.38. The zero-order valence-corrected chi connectivity index (χ0v) is 12.9. The van der Waals surface area contributed by atoms with Gasteiger partial charge in [0.05, 0.1) is 19.7 Å². The first-order valence-corrected chi connectivity index (χ1v) is 7.51. The minimum absolute atomic E-state index is 0.592. The van der Waals surface area contributed by atoms with E-state index in [1.165, 1.54) is 31.4 Å². The Kier molecular flexibility index (Phi) is 3.86. The number of hydrogen-bond donors (Lipinski definition) is 1. The minimum Gasteiger partial charge on any atom is -0.493 e. The van der Waals surface area contributed by atoms with Gasteiger partial charge in [0.25, 0.3) is 0 Å². The van der Waals surface area contributed by atoms with Gasteiger partial charge in [0.1, 0.15) is 0 Å². The van der Waals surface area contributed by atoms with Crippen molar-refractivity contribution in [3.05, 3.63) is 23.9 Å². The first-order valence-electron chi connectivity index (χ1n) is 7.51. The fourth-order valence-corrected chi connectivity index (χ4v) is 3.21. The van der Waals surface area contributed by atoms with Crippen molar-refractivity contribution >= 4 is 16.6 Å². The normalized spacial score (nSPS) is 15.4. The zero-order chi connectivity index (χ0) is 14.8. The topological polar surface area (TPSA) is 43.4 Å². The Morgan fingerprint density at radius 1 is 1.05 bits per heavy atom. The molecule has 1 aromatic carbocycles. The van der Waals surface area contributed by atoms with E-state index in [2.05, 4.69) is 11.4 Å². The maximum absolute atomic E-state index is 5.40. The number of anilines is 1. The van der Waals surface area contributed by atoms with E-state index in [-0.39, 0.29) is 0 Å². The zero-order valence-electron chi connectivity index (χ0n) is 12.9. The SMILES string of the molecule is CNc1cc(C2CCCC2)nc2cc(OC)c(OC)cc12. The van der Waals surface area contributed by atoms with Crippen molar-refractivity contribution in [1.29, 1.82) is 0 Å². The summed E-state index contributed by atoms with van der Waals surface area (Å²) in [5, 5.41) is 4.35. The van der Waals surface area contributed by atoms with Crippen molar-refractivity contribution < 1.29 is 9.47 Å². The fraction of sp³-hybridized carbons (Fsp3) is 0.471. The summed E-state index contributed by atoms with van der Waals surface area (Å²) in [4.78, 5) is 4.87. The highest BCUT2D eigenvalue weighted by atomic mass is 16.5. The molecule has 0 aliphatic heterocycles. The molecule has 1 N–H and O–H groups in total. The van der Waals surface area contributed by atoms with Gasteiger partial charge >= 0.3 is 0 Å². The lowest BCUT2D eigenvalue weighted by Crippen LogP contribution is -2.01. The Morgan fingerprint density at radius 3 is 2.33 bits per heavy atom. The predicted molar refractivity (Wildman–Crippen MR) is 85.6 cm³/mol. The van der Waals surface area contributed by atoms with Crippen LogP contribution in [0.25, 0.3) is 10.9 Å². The summed E-state index contributed by atoms with van der Waals surface area (Å²) < 4.78 is 10.8. The van der Waals surface area contributed by atoms with Gasteiger partial charge in [0.15, 0.2) is 11.5 Å². The first kappa shape index (κ1) is 14.0. The molecule has 21 heavy (non-hydrogen) atoms. The molecule has 2 aromatic rings. The molecule has 0 amide bonds. The number of pyridine rings is 1. The summed E-state index contributed by atoms with van der Waals surface area (Å²) in [6.07, 6.45) is 5.11. The summed E-state index contributed by atoms with van der Waals surface area (Å²) in [5.41, 5.74) is 3.25. The Labute approximate surface area is 125 Å². The average Bonchev–Trinajstić information content (AvgIpc) is 3.06. The maximum Gasteiger partial charge on any atom is 0.162 e. The van der Waals surface area contributed by atoms with Crippen molar-refractivity contribution in [3.8, 4) is 11.5 Å². The van der Waals surface area contributed by atoms with Crippen LogP contribution in [0, 0.1) is 0 Å².